The number of ether oxygens (including phenoxy) is 1. The number of esters is 1. The van der Waals surface area contributed by atoms with E-state index in [1.165, 1.54) is 12.1 Å². The van der Waals surface area contributed by atoms with Gasteiger partial charge in [-0.05, 0) is 24.6 Å². The van der Waals surface area contributed by atoms with Gasteiger partial charge in [0, 0.05) is 11.1 Å². The average Bonchev–Trinajstić information content (AvgIpc) is 2.47. The van der Waals surface area contributed by atoms with Crippen molar-refractivity contribution < 1.29 is 18.7 Å². The van der Waals surface area contributed by atoms with E-state index >= 15 is 0 Å². The molecule has 0 amide bonds. The number of halogens is 1. The molecule has 0 saturated carbocycles. The van der Waals surface area contributed by atoms with E-state index in [0.717, 1.165) is 6.07 Å². The van der Waals surface area contributed by atoms with Gasteiger partial charge in [-0.2, -0.15) is 0 Å². The maximum Gasteiger partial charge on any atom is 0.379 e. The molecule has 0 radical (unpaired) electrons. The lowest BCUT2D eigenvalue weighted by molar-refractivity contribution is -0.137. The molecule has 2 aromatic carbocycles. The molecule has 20 heavy (non-hydrogen) atoms. The fraction of sp³-hybridized carbons (Fsp3) is 0.125. The summed E-state index contributed by atoms with van der Waals surface area (Å²) in [5, 5.41) is 0. The Morgan fingerprint density at radius 2 is 1.80 bits per heavy atom. The number of hydrogen-bond donors (Lipinski definition) is 0. The van der Waals surface area contributed by atoms with Gasteiger partial charge in [-0.1, -0.05) is 36.4 Å². The van der Waals surface area contributed by atoms with Gasteiger partial charge in [0.1, 0.15) is 5.82 Å². The molecule has 0 unspecified atom stereocenters. The molecule has 0 N–H and O–H groups in total. The Balaban J connectivity index is 2.31. The number of hydrogen-bond acceptors (Lipinski definition) is 3. The molecule has 0 saturated heterocycles. The summed E-state index contributed by atoms with van der Waals surface area (Å²) in [6, 6.07) is 12.9. The van der Waals surface area contributed by atoms with Gasteiger partial charge in [-0.3, -0.25) is 4.79 Å². The quantitative estimate of drug-likeness (QED) is 0.487. The van der Waals surface area contributed by atoms with Crippen LogP contribution < -0.4 is 0 Å². The smallest absolute Gasteiger partial charge is 0.379 e. The first kappa shape index (κ1) is 13.9. The molecule has 0 bridgehead atoms. The first-order chi connectivity index (χ1) is 9.63. The minimum absolute atomic E-state index is 0.0133. The number of Topliss-reactive ketones (excluding diaryl/α,β-unsaturated/α-hetero) is 1. The van der Waals surface area contributed by atoms with Crippen molar-refractivity contribution in [3.05, 3.63) is 59.9 Å². The van der Waals surface area contributed by atoms with Crippen LogP contribution in [0.5, 0.6) is 0 Å². The van der Waals surface area contributed by atoms with Crippen LogP contribution in [0.2, 0.25) is 0 Å². The van der Waals surface area contributed by atoms with Crippen molar-refractivity contribution in [1.29, 1.82) is 0 Å². The minimum Gasteiger partial charge on any atom is -0.460 e. The van der Waals surface area contributed by atoms with Crippen molar-refractivity contribution in [3.8, 4) is 11.1 Å². The lowest BCUT2D eigenvalue weighted by Gasteiger charge is -2.06. The van der Waals surface area contributed by atoms with Crippen LogP contribution >= 0.6 is 0 Å². The normalized spacial score (nSPS) is 10.1. The Kier molecular flexibility index (Phi) is 4.25. The van der Waals surface area contributed by atoms with Crippen LogP contribution in [-0.4, -0.2) is 18.4 Å². The second-order valence-corrected chi connectivity index (χ2v) is 4.11. The monoisotopic (exact) mass is 272 g/mol. The minimum atomic E-state index is -0.973. The third kappa shape index (κ3) is 2.91. The van der Waals surface area contributed by atoms with Crippen molar-refractivity contribution in [1.82, 2.24) is 0 Å². The molecule has 0 aliphatic heterocycles. The predicted octanol–water partition coefficient (Wildman–Crippen LogP) is 3.24. The summed E-state index contributed by atoms with van der Waals surface area (Å²) in [6.45, 7) is 1.71. The molecule has 0 aliphatic rings. The Labute approximate surface area is 116 Å². The zero-order chi connectivity index (χ0) is 14.5. The Morgan fingerprint density at radius 3 is 2.40 bits per heavy atom. The summed E-state index contributed by atoms with van der Waals surface area (Å²) < 4.78 is 18.6. The second kappa shape index (κ2) is 6.10. The highest BCUT2D eigenvalue weighted by Gasteiger charge is 2.19. The molecule has 0 fully saturated rings. The van der Waals surface area contributed by atoms with Gasteiger partial charge >= 0.3 is 5.97 Å². The van der Waals surface area contributed by atoms with Crippen LogP contribution in [0.1, 0.15) is 17.3 Å². The molecule has 0 aliphatic carbocycles. The van der Waals surface area contributed by atoms with E-state index in [1.807, 2.05) is 6.07 Å². The second-order valence-electron chi connectivity index (χ2n) is 4.11. The third-order valence-electron chi connectivity index (χ3n) is 2.78. The lowest BCUT2D eigenvalue weighted by atomic mass is 10.0. The first-order valence-corrected chi connectivity index (χ1v) is 6.20. The average molecular weight is 272 g/mol. The summed E-state index contributed by atoms with van der Waals surface area (Å²) in [6.07, 6.45) is 0. The van der Waals surface area contributed by atoms with E-state index in [1.54, 1.807) is 31.2 Å². The van der Waals surface area contributed by atoms with Gasteiger partial charge in [0.25, 0.3) is 5.78 Å². The van der Waals surface area contributed by atoms with Gasteiger partial charge < -0.3 is 4.74 Å². The zero-order valence-corrected chi connectivity index (χ0v) is 10.9. The SMILES string of the molecule is CCOC(=O)C(=O)c1ccc(-c2ccccc2)c(F)c1. The maximum atomic E-state index is 14.0. The van der Waals surface area contributed by atoms with Crippen LogP contribution in [0.15, 0.2) is 48.5 Å². The fourth-order valence-corrected chi connectivity index (χ4v) is 1.82. The molecule has 0 atom stereocenters. The van der Waals surface area contributed by atoms with Crippen molar-refractivity contribution in [3.63, 3.8) is 0 Å². The standard InChI is InChI=1S/C16H13FO3/c1-2-20-16(19)15(18)12-8-9-13(14(17)10-12)11-6-4-3-5-7-11/h3-10H,2H2,1H3. The van der Waals surface area contributed by atoms with E-state index in [0.29, 0.717) is 11.1 Å². The molecule has 2 aromatic rings. The Bertz CT molecular complexity index is 635. The zero-order valence-electron chi connectivity index (χ0n) is 10.9. The predicted molar refractivity (Wildman–Crippen MR) is 72.8 cm³/mol. The maximum absolute atomic E-state index is 14.0. The molecule has 3 nitrogen and oxygen atoms in total. The summed E-state index contributed by atoms with van der Waals surface area (Å²) in [4.78, 5) is 23.0. The van der Waals surface area contributed by atoms with Crippen LogP contribution in [0, 0.1) is 5.82 Å². The molecule has 0 spiro atoms. The number of ketones is 1. The van der Waals surface area contributed by atoms with Gasteiger partial charge in [-0.15, -0.1) is 0 Å². The first-order valence-electron chi connectivity index (χ1n) is 6.20. The van der Waals surface area contributed by atoms with Crippen molar-refractivity contribution >= 4 is 11.8 Å². The summed E-state index contributed by atoms with van der Waals surface area (Å²) in [5.74, 6) is -2.36. The van der Waals surface area contributed by atoms with Gasteiger partial charge in [0.05, 0.1) is 6.61 Å². The third-order valence-corrected chi connectivity index (χ3v) is 2.78. The van der Waals surface area contributed by atoms with Crippen LogP contribution in [0.3, 0.4) is 0 Å². The summed E-state index contributed by atoms with van der Waals surface area (Å²) >= 11 is 0. The van der Waals surface area contributed by atoms with Crippen molar-refractivity contribution in [2.45, 2.75) is 6.92 Å². The highest BCUT2D eigenvalue weighted by Crippen LogP contribution is 2.23. The fourth-order valence-electron chi connectivity index (χ4n) is 1.82. The van der Waals surface area contributed by atoms with Crippen molar-refractivity contribution in [2.75, 3.05) is 6.61 Å². The van der Waals surface area contributed by atoms with E-state index in [2.05, 4.69) is 4.74 Å². The van der Waals surface area contributed by atoms with Crippen molar-refractivity contribution in [2.24, 2.45) is 0 Å². The molecular weight excluding hydrogens is 259 g/mol. The number of benzene rings is 2. The molecule has 102 valence electrons. The Morgan fingerprint density at radius 1 is 1.10 bits per heavy atom. The molecule has 2 rings (SSSR count). The molecule has 0 heterocycles. The molecular formula is C16H13FO3. The van der Waals surface area contributed by atoms with E-state index < -0.39 is 17.6 Å². The van der Waals surface area contributed by atoms with E-state index in [4.69, 9.17) is 0 Å². The number of carbonyl (C=O) groups is 2. The highest BCUT2D eigenvalue weighted by molar-refractivity contribution is 6.40. The summed E-state index contributed by atoms with van der Waals surface area (Å²) in [7, 11) is 0. The van der Waals surface area contributed by atoms with Gasteiger partial charge in [0.2, 0.25) is 0 Å². The number of carbonyl (C=O) groups excluding carboxylic acids is 2. The van der Waals surface area contributed by atoms with E-state index in [-0.39, 0.29) is 12.2 Å². The van der Waals surface area contributed by atoms with Gasteiger partial charge in [-0.25, -0.2) is 9.18 Å². The largest absolute Gasteiger partial charge is 0.460 e. The van der Waals surface area contributed by atoms with Crippen LogP contribution in [0.4, 0.5) is 4.39 Å². The topological polar surface area (TPSA) is 43.4 Å². The van der Waals surface area contributed by atoms with Crippen LogP contribution in [0.25, 0.3) is 11.1 Å². The summed E-state index contributed by atoms with van der Waals surface area (Å²) in [5.41, 5.74) is 1.08. The molecule has 0 aromatic heterocycles. The van der Waals surface area contributed by atoms with Crippen LogP contribution in [-0.2, 0) is 9.53 Å². The number of rotatable bonds is 4. The Hall–Kier alpha value is -2.49. The highest BCUT2D eigenvalue weighted by atomic mass is 19.1. The molecule has 4 heteroatoms. The lowest BCUT2D eigenvalue weighted by Crippen LogP contribution is -2.17. The van der Waals surface area contributed by atoms with E-state index in [9.17, 15) is 14.0 Å². The van der Waals surface area contributed by atoms with Gasteiger partial charge in [0.15, 0.2) is 0 Å².